The smallest absolute Gasteiger partial charge is 0.0414 e. The molecule has 84 valence electrons. The molecule has 0 unspecified atom stereocenters. The van der Waals surface area contributed by atoms with Crippen molar-refractivity contribution in [2.75, 3.05) is 18.1 Å². The van der Waals surface area contributed by atoms with E-state index in [1.165, 1.54) is 10.9 Å². The van der Waals surface area contributed by atoms with Gasteiger partial charge in [0.1, 0.15) is 0 Å². The normalized spacial score (nSPS) is 10.6. The maximum Gasteiger partial charge on any atom is 0.0414 e. The summed E-state index contributed by atoms with van der Waals surface area (Å²) < 4.78 is 0. The average Bonchev–Trinajstić information content (AvgIpc) is 2.33. The second-order valence-corrected chi connectivity index (χ2v) is 4.04. The Bertz CT molecular complexity index is 503. The second-order valence-electron chi connectivity index (χ2n) is 4.04. The van der Waals surface area contributed by atoms with Crippen LogP contribution in [0.4, 0.5) is 11.4 Å². The van der Waals surface area contributed by atoms with E-state index < -0.39 is 0 Å². The van der Waals surface area contributed by atoms with E-state index in [0.29, 0.717) is 0 Å². The van der Waals surface area contributed by atoms with Crippen LogP contribution >= 0.6 is 0 Å². The van der Waals surface area contributed by atoms with E-state index in [1.807, 2.05) is 19.2 Å². The molecule has 0 aliphatic heterocycles. The number of hydrogen-bond donors (Lipinski definition) is 2. The first kappa shape index (κ1) is 10.8. The van der Waals surface area contributed by atoms with Gasteiger partial charge in [-0.25, -0.2) is 0 Å². The van der Waals surface area contributed by atoms with Gasteiger partial charge in [-0.15, -0.1) is 0 Å². The van der Waals surface area contributed by atoms with Crippen molar-refractivity contribution in [3.05, 3.63) is 35.9 Å². The summed E-state index contributed by atoms with van der Waals surface area (Å²) in [5.41, 5.74) is 9.43. The summed E-state index contributed by atoms with van der Waals surface area (Å²) in [6.45, 7) is 2.20. The molecule has 0 aromatic heterocycles. The number of benzene rings is 2. The molecule has 0 amide bonds. The molecular formula is C14H18N2. The van der Waals surface area contributed by atoms with Crippen LogP contribution in [0, 0.1) is 0 Å². The Morgan fingerprint density at radius 1 is 1.19 bits per heavy atom. The first-order valence-electron chi connectivity index (χ1n) is 5.75. The Balaban J connectivity index is 2.76. The first-order valence-corrected chi connectivity index (χ1v) is 5.75. The lowest BCUT2D eigenvalue weighted by molar-refractivity contribution is 0.930. The maximum atomic E-state index is 6.06. The quantitative estimate of drug-likeness (QED) is 0.768. The molecule has 0 aliphatic carbocycles. The largest absolute Gasteiger partial charge is 0.398 e. The first-order chi connectivity index (χ1) is 7.77. The molecule has 2 aromatic rings. The third-order valence-corrected chi connectivity index (χ3v) is 2.96. The molecule has 0 heterocycles. The highest BCUT2D eigenvalue weighted by atomic mass is 14.8. The molecule has 0 bridgehead atoms. The van der Waals surface area contributed by atoms with Gasteiger partial charge in [0, 0.05) is 23.8 Å². The van der Waals surface area contributed by atoms with Crippen molar-refractivity contribution in [2.45, 2.75) is 19.8 Å². The van der Waals surface area contributed by atoms with Crippen molar-refractivity contribution in [3.63, 3.8) is 0 Å². The molecule has 16 heavy (non-hydrogen) atoms. The van der Waals surface area contributed by atoms with Crippen LogP contribution in [0.25, 0.3) is 10.8 Å². The van der Waals surface area contributed by atoms with E-state index in [2.05, 4.69) is 30.4 Å². The molecule has 0 saturated heterocycles. The SMILES string of the molecule is CCCc1c(NC)cc(N)c2ccccc12. The number of nitrogens with one attached hydrogen (secondary N) is 1. The number of nitrogens with two attached hydrogens (primary N) is 1. The Kier molecular flexibility index (Phi) is 3.00. The molecule has 2 rings (SSSR count). The van der Waals surface area contributed by atoms with Crippen molar-refractivity contribution >= 4 is 22.1 Å². The molecule has 2 aromatic carbocycles. The van der Waals surface area contributed by atoms with E-state index in [9.17, 15) is 0 Å². The fourth-order valence-electron chi connectivity index (χ4n) is 2.21. The fourth-order valence-corrected chi connectivity index (χ4v) is 2.21. The number of anilines is 2. The van der Waals surface area contributed by atoms with Gasteiger partial charge in [-0.2, -0.15) is 0 Å². The van der Waals surface area contributed by atoms with Gasteiger partial charge < -0.3 is 11.1 Å². The molecule has 0 aliphatic rings. The highest BCUT2D eigenvalue weighted by Crippen LogP contribution is 2.31. The summed E-state index contributed by atoms with van der Waals surface area (Å²) in [6, 6.07) is 10.4. The van der Waals surface area contributed by atoms with Gasteiger partial charge in [0.05, 0.1) is 0 Å². The van der Waals surface area contributed by atoms with Gasteiger partial charge in [-0.05, 0) is 23.4 Å². The minimum atomic E-state index is 0.847. The Morgan fingerprint density at radius 2 is 1.88 bits per heavy atom. The molecule has 0 spiro atoms. The lowest BCUT2D eigenvalue weighted by Crippen LogP contribution is -1.99. The highest BCUT2D eigenvalue weighted by molar-refractivity contribution is 5.98. The molecule has 0 fully saturated rings. The number of rotatable bonds is 3. The summed E-state index contributed by atoms with van der Waals surface area (Å²) in [5.74, 6) is 0. The lowest BCUT2D eigenvalue weighted by atomic mass is 9.98. The van der Waals surface area contributed by atoms with Crippen molar-refractivity contribution in [1.29, 1.82) is 0 Å². The van der Waals surface area contributed by atoms with Crippen LogP contribution in [-0.2, 0) is 6.42 Å². The minimum absolute atomic E-state index is 0.847. The summed E-state index contributed by atoms with van der Waals surface area (Å²) in [5, 5.41) is 5.66. The zero-order valence-corrected chi connectivity index (χ0v) is 9.88. The standard InChI is InChI=1S/C14H18N2/c1-3-6-12-10-7-4-5-8-11(10)13(15)9-14(12)16-2/h4-5,7-9,16H,3,6,15H2,1-2H3. The Morgan fingerprint density at radius 3 is 2.50 bits per heavy atom. The molecular weight excluding hydrogens is 196 g/mol. The van der Waals surface area contributed by atoms with Gasteiger partial charge in [-0.3, -0.25) is 0 Å². The summed E-state index contributed by atoms with van der Waals surface area (Å²) in [6.07, 6.45) is 2.22. The number of hydrogen-bond acceptors (Lipinski definition) is 2. The predicted octanol–water partition coefficient (Wildman–Crippen LogP) is 3.42. The van der Waals surface area contributed by atoms with Crippen LogP contribution < -0.4 is 11.1 Å². The van der Waals surface area contributed by atoms with Crippen molar-refractivity contribution in [3.8, 4) is 0 Å². The molecule has 3 N–H and O–H groups in total. The van der Waals surface area contributed by atoms with Gasteiger partial charge in [-0.1, -0.05) is 37.6 Å². The zero-order chi connectivity index (χ0) is 11.5. The van der Waals surface area contributed by atoms with Crippen LogP contribution in [0.15, 0.2) is 30.3 Å². The van der Waals surface area contributed by atoms with Crippen LogP contribution in [0.5, 0.6) is 0 Å². The van der Waals surface area contributed by atoms with Crippen molar-refractivity contribution < 1.29 is 0 Å². The Labute approximate surface area is 96.5 Å². The molecule has 2 nitrogen and oxygen atoms in total. The van der Waals surface area contributed by atoms with Crippen LogP contribution in [0.2, 0.25) is 0 Å². The van der Waals surface area contributed by atoms with Crippen molar-refractivity contribution in [2.24, 2.45) is 0 Å². The van der Waals surface area contributed by atoms with Crippen molar-refractivity contribution in [1.82, 2.24) is 0 Å². The zero-order valence-electron chi connectivity index (χ0n) is 9.88. The van der Waals surface area contributed by atoms with Crippen LogP contribution in [0.3, 0.4) is 0 Å². The molecule has 0 saturated carbocycles. The van der Waals surface area contributed by atoms with E-state index in [1.54, 1.807) is 0 Å². The second kappa shape index (κ2) is 4.44. The number of nitrogen functional groups attached to an aromatic ring is 1. The van der Waals surface area contributed by atoms with E-state index in [-0.39, 0.29) is 0 Å². The summed E-state index contributed by atoms with van der Waals surface area (Å²) >= 11 is 0. The fraction of sp³-hybridized carbons (Fsp3) is 0.286. The van der Waals surface area contributed by atoms with E-state index in [4.69, 9.17) is 5.73 Å². The predicted molar refractivity (Wildman–Crippen MR) is 71.9 cm³/mol. The van der Waals surface area contributed by atoms with E-state index >= 15 is 0 Å². The highest BCUT2D eigenvalue weighted by Gasteiger charge is 2.08. The third kappa shape index (κ3) is 1.71. The van der Waals surface area contributed by atoms with Gasteiger partial charge in [0.25, 0.3) is 0 Å². The average molecular weight is 214 g/mol. The summed E-state index contributed by atoms with van der Waals surface area (Å²) in [4.78, 5) is 0. The minimum Gasteiger partial charge on any atom is -0.398 e. The molecule has 0 atom stereocenters. The van der Waals surface area contributed by atoms with Gasteiger partial charge in [0.2, 0.25) is 0 Å². The van der Waals surface area contributed by atoms with Crippen LogP contribution in [-0.4, -0.2) is 7.05 Å². The van der Waals surface area contributed by atoms with Crippen LogP contribution in [0.1, 0.15) is 18.9 Å². The monoisotopic (exact) mass is 214 g/mol. The van der Waals surface area contributed by atoms with Gasteiger partial charge >= 0.3 is 0 Å². The third-order valence-electron chi connectivity index (χ3n) is 2.96. The van der Waals surface area contributed by atoms with Gasteiger partial charge in [0.15, 0.2) is 0 Å². The Hall–Kier alpha value is -1.70. The maximum absolute atomic E-state index is 6.06. The molecule has 2 heteroatoms. The summed E-state index contributed by atoms with van der Waals surface area (Å²) in [7, 11) is 1.95. The number of aryl methyl sites for hydroxylation is 1. The number of fused-ring (bicyclic) bond motifs is 1. The molecule has 0 radical (unpaired) electrons. The van der Waals surface area contributed by atoms with E-state index in [0.717, 1.165) is 29.6 Å². The topological polar surface area (TPSA) is 38.0 Å². The lowest BCUT2D eigenvalue weighted by Gasteiger charge is -2.14.